The van der Waals surface area contributed by atoms with Crippen molar-refractivity contribution < 1.29 is 24.1 Å². The number of nitro benzene ring substituents is 1. The molecule has 0 aliphatic rings. The summed E-state index contributed by atoms with van der Waals surface area (Å²) >= 11 is 1.33. The first-order valence-corrected chi connectivity index (χ1v) is 16.2. The lowest BCUT2D eigenvalue weighted by Gasteiger charge is -2.18. The maximum absolute atomic E-state index is 13.5. The van der Waals surface area contributed by atoms with Gasteiger partial charge in [-0.3, -0.25) is 29.3 Å². The van der Waals surface area contributed by atoms with Crippen molar-refractivity contribution in [3.63, 3.8) is 0 Å². The molecule has 50 heavy (non-hydrogen) atoms. The van der Waals surface area contributed by atoms with Gasteiger partial charge in [-0.25, -0.2) is 0 Å². The number of carbonyl (C=O) groups excluding carboxylic acids is 4. The fourth-order valence-corrected chi connectivity index (χ4v) is 5.73. The van der Waals surface area contributed by atoms with E-state index in [-0.39, 0.29) is 23.2 Å². The van der Waals surface area contributed by atoms with Crippen LogP contribution < -0.4 is 21.3 Å². The molecule has 0 fully saturated rings. The van der Waals surface area contributed by atoms with Crippen LogP contribution in [-0.2, 0) is 14.4 Å². The van der Waals surface area contributed by atoms with Gasteiger partial charge in [0.1, 0.15) is 10.9 Å². The van der Waals surface area contributed by atoms with Crippen molar-refractivity contribution in [2.45, 2.75) is 17.1 Å². The highest BCUT2D eigenvalue weighted by Crippen LogP contribution is 2.37. The van der Waals surface area contributed by atoms with Crippen molar-refractivity contribution in [2.75, 3.05) is 16.0 Å². The Morgan fingerprint density at radius 1 is 0.680 bits per heavy atom. The van der Waals surface area contributed by atoms with Crippen LogP contribution in [0, 0.1) is 10.1 Å². The molecule has 0 bridgehead atoms. The molecule has 0 saturated heterocycles. The van der Waals surface area contributed by atoms with E-state index in [1.807, 2.05) is 30.3 Å². The topological polar surface area (TPSA) is 160 Å². The van der Waals surface area contributed by atoms with E-state index in [4.69, 9.17) is 0 Å². The van der Waals surface area contributed by atoms with Gasteiger partial charge in [0, 0.05) is 46.6 Å². The maximum Gasteiger partial charge on any atom is 0.272 e. The Hall–Kier alpha value is -6.53. The van der Waals surface area contributed by atoms with E-state index in [9.17, 15) is 29.3 Å². The molecule has 250 valence electrons. The largest absolute Gasteiger partial charge is 0.326 e. The molecule has 0 aliphatic carbocycles. The van der Waals surface area contributed by atoms with Crippen molar-refractivity contribution in [1.29, 1.82) is 0 Å². The molecule has 11 nitrogen and oxygen atoms in total. The fourth-order valence-electron chi connectivity index (χ4n) is 4.70. The minimum atomic E-state index is -0.615. The van der Waals surface area contributed by atoms with Gasteiger partial charge in [-0.2, -0.15) is 0 Å². The fraction of sp³-hybridized carbons (Fsp3) is 0.0526. The molecule has 5 rings (SSSR count). The van der Waals surface area contributed by atoms with Crippen LogP contribution in [0.25, 0.3) is 6.08 Å². The first-order valence-electron chi connectivity index (χ1n) is 15.3. The predicted octanol–water partition coefficient (Wildman–Crippen LogP) is 7.43. The van der Waals surface area contributed by atoms with Crippen LogP contribution >= 0.6 is 11.8 Å². The van der Waals surface area contributed by atoms with Gasteiger partial charge in [0.15, 0.2) is 0 Å². The van der Waals surface area contributed by atoms with Crippen LogP contribution in [0.3, 0.4) is 0 Å². The van der Waals surface area contributed by atoms with Crippen molar-refractivity contribution in [3.05, 3.63) is 166 Å². The highest BCUT2D eigenvalue weighted by molar-refractivity contribution is 8.00. The number of thioether (sulfide) groups is 1. The highest BCUT2D eigenvalue weighted by atomic mass is 32.2. The summed E-state index contributed by atoms with van der Waals surface area (Å²) < 4.78 is 0. The summed E-state index contributed by atoms with van der Waals surface area (Å²) in [4.78, 5) is 62.6. The third-order valence-corrected chi connectivity index (χ3v) is 8.39. The third-order valence-electron chi connectivity index (χ3n) is 7.12. The molecule has 0 saturated carbocycles. The second-order valence-corrected chi connectivity index (χ2v) is 12.0. The zero-order valence-corrected chi connectivity index (χ0v) is 27.5. The zero-order chi connectivity index (χ0) is 35.5. The number of nitrogens with zero attached hydrogens (tertiary/aromatic N) is 1. The van der Waals surface area contributed by atoms with Crippen molar-refractivity contribution >= 4 is 64.2 Å². The second kappa shape index (κ2) is 16.5. The van der Waals surface area contributed by atoms with E-state index < -0.39 is 22.0 Å². The number of hydrogen-bond donors (Lipinski definition) is 4. The lowest BCUT2D eigenvalue weighted by atomic mass is 10.1. The summed E-state index contributed by atoms with van der Waals surface area (Å²) in [6, 6.07) is 37.0. The van der Waals surface area contributed by atoms with Gasteiger partial charge in [-0.15, -0.1) is 11.8 Å². The molecule has 0 radical (unpaired) electrons. The standard InChI is InChI=1S/C38H31N5O6S/c1-25(44)39-29-14-16-30(17-15-29)41-38(47)35(27-8-4-2-5-9-27)50-33-22-18-31(19-23-33)40-37(46)34(42-36(45)28-10-6-3-7-11-28)24-26-12-20-32(21-13-26)43(48)49/h2-24,35H,1H3,(H,39,44)(H,40,46)(H,41,47)(H,42,45)/b34-24-. The van der Waals surface area contributed by atoms with Crippen LogP contribution in [0.15, 0.2) is 144 Å². The van der Waals surface area contributed by atoms with Crippen LogP contribution in [0.2, 0.25) is 0 Å². The molecule has 1 unspecified atom stereocenters. The summed E-state index contributed by atoms with van der Waals surface area (Å²) in [6.45, 7) is 1.42. The number of amides is 4. The highest BCUT2D eigenvalue weighted by Gasteiger charge is 2.23. The summed E-state index contributed by atoms with van der Waals surface area (Å²) in [6.07, 6.45) is 1.43. The number of carbonyl (C=O) groups is 4. The molecule has 0 spiro atoms. The number of benzene rings is 5. The average Bonchev–Trinajstić information content (AvgIpc) is 3.12. The van der Waals surface area contributed by atoms with Gasteiger partial charge >= 0.3 is 0 Å². The Bertz CT molecular complexity index is 2020. The minimum absolute atomic E-state index is 0.0722. The van der Waals surface area contributed by atoms with Crippen molar-refractivity contribution in [1.82, 2.24) is 5.32 Å². The summed E-state index contributed by atoms with van der Waals surface area (Å²) in [5, 5.41) is 21.5. The average molecular weight is 686 g/mol. The summed E-state index contributed by atoms with van der Waals surface area (Å²) in [5.74, 6) is -1.56. The normalized spacial score (nSPS) is 11.5. The monoisotopic (exact) mass is 685 g/mol. The lowest BCUT2D eigenvalue weighted by Crippen LogP contribution is -2.30. The van der Waals surface area contributed by atoms with E-state index in [0.29, 0.717) is 28.2 Å². The quantitative estimate of drug-likeness (QED) is 0.0460. The molecule has 1 atom stereocenters. The molecule has 0 aromatic heterocycles. The Kier molecular flexibility index (Phi) is 11.5. The van der Waals surface area contributed by atoms with Crippen LogP contribution in [0.4, 0.5) is 22.7 Å². The molecule has 4 N–H and O–H groups in total. The predicted molar refractivity (Wildman–Crippen MR) is 194 cm³/mol. The van der Waals surface area contributed by atoms with Crippen molar-refractivity contribution in [3.8, 4) is 0 Å². The molecule has 0 aliphatic heterocycles. The number of rotatable bonds is 12. The number of nitro groups is 1. The van der Waals surface area contributed by atoms with Crippen molar-refractivity contribution in [2.24, 2.45) is 0 Å². The summed E-state index contributed by atoms with van der Waals surface area (Å²) in [7, 11) is 0. The molecule has 4 amide bonds. The molecule has 5 aromatic carbocycles. The zero-order valence-electron chi connectivity index (χ0n) is 26.7. The lowest BCUT2D eigenvalue weighted by molar-refractivity contribution is -0.384. The Balaban J connectivity index is 1.31. The Morgan fingerprint density at radius 3 is 1.80 bits per heavy atom. The Morgan fingerprint density at radius 2 is 1.22 bits per heavy atom. The van der Waals surface area contributed by atoms with E-state index in [2.05, 4.69) is 21.3 Å². The minimum Gasteiger partial charge on any atom is -0.326 e. The second-order valence-electron chi connectivity index (χ2n) is 10.9. The number of anilines is 3. The smallest absolute Gasteiger partial charge is 0.272 e. The van der Waals surface area contributed by atoms with E-state index in [1.54, 1.807) is 78.9 Å². The van der Waals surface area contributed by atoms with Gasteiger partial charge in [-0.1, -0.05) is 48.5 Å². The molecule has 12 heteroatoms. The van der Waals surface area contributed by atoms with E-state index in [1.165, 1.54) is 49.0 Å². The van der Waals surface area contributed by atoms with Gasteiger partial charge in [0.2, 0.25) is 11.8 Å². The molecular weight excluding hydrogens is 655 g/mol. The van der Waals surface area contributed by atoms with Gasteiger partial charge in [0.05, 0.1) is 4.92 Å². The van der Waals surface area contributed by atoms with E-state index >= 15 is 0 Å². The first kappa shape index (κ1) is 34.8. The maximum atomic E-state index is 13.5. The SMILES string of the molecule is CC(=O)Nc1ccc(NC(=O)C(Sc2ccc(NC(=O)/C(=C/c3ccc([N+](=O)[O-])cc3)NC(=O)c3ccccc3)cc2)c2ccccc2)cc1. The van der Waals surface area contributed by atoms with Crippen LogP contribution in [0.5, 0.6) is 0 Å². The number of nitrogens with one attached hydrogen (secondary N) is 4. The third kappa shape index (κ3) is 9.75. The molecule has 0 heterocycles. The summed E-state index contributed by atoms with van der Waals surface area (Å²) in [5.41, 5.74) is 3.04. The Labute approximate surface area is 292 Å². The van der Waals surface area contributed by atoms with Crippen LogP contribution in [0.1, 0.15) is 33.7 Å². The van der Waals surface area contributed by atoms with Gasteiger partial charge in [-0.05, 0) is 90.0 Å². The van der Waals surface area contributed by atoms with E-state index in [0.717, 1.165) is 10.5 Å². The van der Waals surface area contributed by atoms with Gasteiger partial charge < -0.3 is 21.3 Å². The molecule has 5 aromatic rings. The van der Waals surface area contributed by atoms with Gasteiger partial charge in [0.25, 0.3) is 17.5 Å². The number of non-ortho nitro benzene ring substituents is 1. The van der Waals surface area contributed by atoms with Crippen LogP contribution in [-0.4, -0.2) is 28.6 Å². The first-order chi connectivity index (χ1) is 24.1. The number of hydrogen-bond acceptors (Lipinski definition) is 7. The molecular formula is C38H31N5O6S.